The van der Waals surface area contributed by atoms with Crippen LogP contribution in [0.15, 0.2) is 16.6 Å². The van der Waals surface area contributed by atoms with Crippen molar-refractivity contribution in [2.75, 3.05) is 17.7 Å². The van der Waals surface area contributed by atoms with Crippen LogP contribution in [-0.2, 0) is 9.53 Å². The SMILES string of the molecule is CCOC(C)C(=O)Nc1cc(Br)cc(C)c1N.Cl. The summed E-state index contributed by atoms with van der Waals surface area (Å²) in [5.74, 6) is -0.198. The molecule has 6 heteroatoms. The highest BCUT2D eigenvalue weighted by Gasteiger charge is 2.14. The first kappa shape index (κ1) is 17.2. The van der Waals surface area contributed by atoms with Crippen LogP contribution < -0.4 is 11.1 Å². The maximum Gasteiger partial charge on any atom is 0.253 e. The number of benzene rings is 1. The van der Waals surface area contributed by atoms with E-state index in [0.29, 0.717) is 18.0 Å². The molecule has 0 fully saturated rings. The number of rotatable bonds is 4. The van der Waals surface area contributed by atoms with Crippen LogP contribution in [0.2, 0.25) is 0 Å². The molecular weight excluding hydrogens is 320 g/mol. The Hall–Kier alpha value is -0.780. The van der Waals surface area contributed by atoms with Crippen molar-refractivity contribution in [2.24, 2.45) is 0 Å². The van der Waals surface area contributed by atoms with E-state index >= 15 is 0 Å². The van der Waals surface area contributed by atoms with Crippen LogP contribution in [0.4, 0.5) is 11.4 Å². The van der Waals surface area contributed by atoms with Gasteiger partial charge in [-0.2, -0.15) is 0 Å². The number of amides is 1. The van der Waals surface area contributed by atoms with E-state index in [1.54, 1.807) is 13.0 Å². The number of aryl methyl sites for hydroxylation is 1. The summed E-state index contributed by atoms with van der Waals surface area (Å²) in [7, 11) is 0. The van der Waals surface area contributed by atoms with E-state index in [-0.39, 0.29) is 18.3 Å². The Morgan fingerprint density at radius 1 is 1.56 bits per heavy atom. The van der Waals surface area contributed by atoms with Crippen molar-refractivity contribution < 1.29 is 9.53 Å². The average Bonchev–Trinajstić information content (AvgIpc) is 2.25. The lowest BCUT2D eigenvalue weighted by molar-refractivity contribution is -0.126. The summed E-state index contributed by atoms with van der Waals surface area (Å²) in [5.41, 5.74) is 7.99. The van der Waals surface area contributed by atoms with Crippen LogP contribution in [0, 0.1) is 6.92 Å². The van der Waals surface area contributed by atoms with E-state index in [2.05, 4.69) is 21.2 Å². The second kappa shape index (κ2) is 7.61. The lowest BCUT2D eigenvalue weighted by atomic mass is 10.1. The van der Waals surface area contributed by atoms with Gasteiger partial charge in [-0.1, -0.05) is 15.9 Å². The Labute approximate surface area is 122 Å². The minimum absolute atomic E-state index is 0. The Kier molecular flexibility index (Phi) is 7.28. The maximum atomic E-state index is 11.8. The molecule has 1 atom stereocenters. The molecule has 0 spiro atoms. The van der Waals surface area contributed by atoms with Gasteiger partial charge in [-0.05, 0) is 38.5 Å². The predicted octanol–water partition coefficient (Wildman–Crippen LogP) is 3.13. The van der Waals surface area contributed by atoms with Crippen LogP contribution in [0.25, 0.3) is 0 Å². The molecule has 1 aromatic rings. The largest absolute Gasteiger partial charge is 0.397 e. The van der Waals surface area contributed by atoms with Gasteiger partial charge in [-0.15, -0.1) is 12.4 Å². The number of carbonyl (C=O) groups is 1. The van der Waals surface area contributed by atoms with Gasteiger partial charge in [0.2, 0.25) is 0 Å². The molecule has 0 aliphatic heterocycles. The fourth-order valence-corrected chi connectivity index (χ4v) is 1.99. The molecule has 0 heterocycles. The molecule has 0 aliphatic rings. The molecule has 18 heavy (non-hydrogen) atoms. The number of halogens is 2. The standard InChI is InChI=1S/C12H17BrN2O2.ClH/c1-4-17-8(3)12(16)15-10-6-9(13)5-7(2)11(10)14;/h5-6,8H,4,14H2,1-3H3,(H,15,16);1H. The molecule has 1 unspecified atom stereocenters. The Balaban J connectivity index is 0.00000289. The first-order valence-electron chi connectivity index (χ1n) is 5.43. The van der Waals surface area contributed by atoms with Crippen molar-refractivity contribution in [3.63, 3.8) is 0 Å². The monoisotopic (exact) mass is 336 g/mol. The molecule has 0 saturated carbocycles. The highest BCUT2D eigenvalue weighted by Crippen LogP contribution is 2.27. The second-order valence-corrected chi connectivity index (χ2v) is 4.69. The second-order valence-electron chi connectivity index (χ2n) is 3.77. The van der Waals surface area contributed by atoms with Gasteiger partial charge in [0.05, 0.1) is 11.4 Å². The van der Waals surface area contributed by atoms with E-state index in [9.17, 15) is 4.79 Å². The number of hydrogen-bond donors (Lipinski definition) is 2. The predicted molar refractivity (Wildman–Crippen MR) is 80.3 cm³/mol. The van der Waals surface area contributed by atoms with Crippen molar-refractivity contribution >= 4 is 45.6 Å². The molecule has 1 amide bonds. The van der Waals surface area contributed by atoms with Gasteiger partial charge >= 0.3 is 0 Å². The summed E-state index contributed by atoms with van der Waals surface area (Å²) in [6.07, 6.45) is -0.487. The molecule has 1 aromatic carbocycles. The molecule has 0 bridgehead atoms. The summed E-state index contributed by atoms with van der Waals surface area (Å²) >= 11 is 3.37. The first-order valence-corrected chi connectivity index (χ1v) is 6.23. The zero-order valence-corrected chi connectivity index (χ0v) is 13.0. The minimum Gasteiger partial charge on any atom is -0.397 e. The fourth-order valence-electron chi connectivity index (χ4n) is 1.42. The van der Waals surface area contributed by atoms with E-state index in [4.69, 9.17) is 10.5 Å². The van der Waals surface area contributed by atoms with Crippen molar-refractivity contribution in [3.8, 4) is 0 Å². The third kappa shape index (κ3) is 4.48. The highest BCUT2D eigenvalue weighted by atomic mass is 79.9. The average molecular weight is 338 g/mol. The van der Waals surface area contributed by atoms with Crippen LogP contribution >= 0.6 is 28.3 Å². The lowest BCUT2D eigenvalue weighted by Crippen LogP contribution is -2.28. The van der Waals surface area contributed by atoms with Gasteiger partial charge < -0.3 is 15.8 Å². The van der Waals surface area contributed by atoms with Crippen LogP contribution in [-0.4, -0.2) is 18.6 Å². The highest BCUT2D eigenvalue weighted by molar-refractivity contribution is 9.10. The molecule has 0 aromatic heterocycles. The van der Waals surface area contributed by atoms with Crippen molar-refractivity contribution in [1.82, 2.24) is 0 Å². The first-order chi connectivity index (χ1) is 7.95. The third-order valence-corrected chi connectivity index (χ3v) is 2.85. The lowest BCUT2D eigenvalue weighted by Gasteiger charge is -2.14. The number of nitrogens with two attached hydrogens (primary N) is 1. The minimum atomic E-state index is -0.487. The summed E-state index contributed by atoms with van der Waals surface area (Å²) < 4.78 is 6.09. The van der Waals surface area contributed by atoms with Gasteiger partial charge in [0.25, 0.3) is 5.91 Å². The quantitative estimate of drug-likeness (QED) is 0.830. The van der Waals surface area contributed by atoms with Gasteiger partial charge in [-0.3, -0.25) is 4.79 Å². The molecule has 3 N–H and O–H groups in total. The fraction of sp³-hybridized carbons (Fsp3) is 0.417. The van der Waals surface area contributed by atoms with E-state index < -0.39 is 6.10 Å². The number of carbonyl (C=O) groups excluding carboxylic acids is 1. The summed E-state index contributed by atoms with van der Waals surface area (Å²) in [5, 5.41) is 2.76. The number of hydrogen-bond acceptors (Lipinski definition) is 3. The van der Waals surface area contributed by atoms with Gasteiger partial charge in [0, 0.05) is 11.1 Å². The van der Waals surface area contributed by atoms with Crippen LogP contribution in [0.1, 0.15) is 19.4 Å². The Morgan fingerprint density at radius 3 is 2.72 bits per heavy atom. The zero-order valence-electron chi connectivity index (χ0n) is 10.6. The van der Waals surface area contributed by atoms with E-state index in [1.165, 1.54) is 0 Å². The molecule has 4 nitrogen and oxygen atoms in total. The van der Waals surface area contributed by atoms with E-state index in [1.807, 2.05) is 19.9 Å². The van der Waals surface area contributed by atoms with Gasteiger partial charge in [0.15, 0.2) is 0 Å². The molecule has 1 rings (SSSR count). The molecule has 0 saturated heterocycles. The third-order valence-electron chi connectivity index (χ3n) is 2.40. The van der Waals surface area contributed by atoms with Crippen molar-refractivity contribution in [2.45, 2.75) is 26.9 Å². The zero-order chi connectivity index (χ0) is 13.0. The summed E-state index contributed by atoms with van der Waals surface area (Å²) in [6.45, 7) is 5.95. The smallest absolute Gasteiger partial charge is 0.253 e. The molecular formula is C12H18BrClN2O2. The molecule has 0 aliphatic carbocycles. The van der Waals surface area contributed by atoms with E-state index in [0.717, 1.165) is 10.0 Å². The van der Waals surface area contributed by atoms with Crippen molar-refractivity contribution in [1.29, 1.82) is 0 Å². The molecule has 102 valence electrons. The summed E-state index contributed by atoms with van der Waals surface area (Å²) in [4.78, 5) is 11.8. The number of ether oxygens (including phenoxy) is 1. The van der Waals surface area contributed by atoms with Gasteiger partial charge in [-0.25, -0.2) is 0 Å². The van der Waals surface area contributed by atoms with Crippen LogP contribution in [0.3, 0.4) is 0 Å². The molecule has 0 radical (unpaired) electrons. The number of anilines is 2. The number of nitrogens with one attached hydrogen (secondary N) is 1. The van der Waals surface area contributed by atoms with Crippen molar-refractivity contribution in [3.05, 3.63) is 22.2 Å². The number of nitrogen functional groups attached to an aromatic ring is 1. The maximum absolute atomic E-state index is 11.8. The van der Waals surface area contributed by atoms with Crippen LogP contribution in [0.5, 0.6) is 0 Å². The Bertz CT molecular complexity index is 427. The topological polar surface area (TPSA) is 64.3 Å². The normalized spacial score (nSPS) is 11.6. The Morgan fingerprint density at radius 2 is 2.17 bits per heavy atom. The van der Waals surface area contributed by atoms with Gasteiger partial charge in [0.1, 0.15) is 6.10 Å². The summed E-state index contributed by atoms with van der Waals surface area (Å²) in [6, 6.07) is 3.68.